The molecule has 3 aromatic rings. The molecule has 34 heavy (non-hydrogen) atoms. The zero-order valence-corrected chi connectivity index (χ0v) is 19.8. The van der Waals surface area contributed by atoms with E-state index in [1.807, 2.05) is 30.3 Å². The monoisotopic (exact) mass is 494 g/mol. The number of hydrogen-bond acceptors (Lipinski definition) is 6. The van der Waals surface area contributed by atoms with E-state index < -0.39 is 21.9 Å². The number of carboxylic acid groups (broad SMARTS) is 1. The number of rotatable bonds is 8. The van der Waals surface area contributed by atoms with Gasteiger partial charge in [0, 0.05) is 11.6 Å². The van der Waals surface area contributed by atoms with Gasteiger partial charge in [-0.05, 0) is 47.7 Å². The van der Waals surface area contributed by atoms with Crippen molar-refractivity contribution in [2.24, 2.45) is 4.99 Å². The predicted octanol–water partition coefficient (Wildman–Crippen LogP) is 4.52. The van der Waals surface area contributed by atoms with Crippen molar-refractivity contribution in [3.63, 3.8) is 0 Å². The number of nitriles is 1. The van der Waals surface area contributed by atoms with Crippen LogP contribution in [0.2, 0.25) is 0 Å². The van der Waals surface area contributed by atoms with Crippen LogP contribution in [0.3, 0.4) is 0 Å². The molecule has 0 aliphatic heterocycles. The third-order valence-corrected chi connectivity index (χ3v) is 6.80. The number of benzene rings is 3. The Bertz CT molecular complexity index is 1340. The fourth-order valence-corrected chi connectivity index (χ4v) is 4.76. The maximum atomic E-state index is 13.0. The molecule has 3 N–H and O–H groups in total. The van der Waals surface area contributed by atoms with Gasteiger partial charge in [0.1, 0.15) is 0 Å². The fraction of sp³-hybridized carbons (Fsp3) is 0.125. The number of nitrogens with one attached hydrogen (secondary N) is 2. The van der Waals surface area contributed by atoms with Gasteiger partial charge in [0.25, 0.3) is 10.0 Å². The molecule has 0 radical (unpaired) electrons. The zero-order chi connectivity index (χ0) is 24.6. The van der Waals surface area contributed by atoms with Crippen LogP contribution in [0, 0.1) is 11.5 Å². The van der Waals surface area contributed by atoms with Crippen molar-refractivity contribution in [3.8, 4) is 6.19 Å². The molecule has 10 heteroatoms. The van der Waals surface area contributed by atoms with Crippen molar-refractivity contribution in [2.75, 3.05) is 11.0 Å². The van der Waals surface area contributed by atoms with Gasteiger partial charge in [-0.1, -0.05) is 60.3 Å². The molecule has 3 rings (SSSR count). The first-order valence-corrected chi connectivity index (χ1v) is 12.8. The summed E-state index contributed by atoms with van der Waals surface area (Å²) in [6.07, 6.45) is 3.40. The second kappa shape index (κ2) is 11.4. The first-order valence-electron chi connectivity index (χ1n) is 10.1. The van der Waals surface area contributed by atoms with Gasteiger partial charge in [0.05, 0.1) is 17.0 Å². The quantitative estimate of drug-likeness (QED) is 0.182. The Balaban J connectivity index is 1.90. The number of nitrogens with zero attached hydrogens (tertiary/aromatic N) is 2. The Morgan fingerprint density at radius 1 is 1.06 bits per heavy atom. The van der Waals surface area contributed by atoms with Crippen molar-refractivity contribution in [1.29, 1.82) is 5.26 Å². The number of hydrogen-bond donors (Lipinski definition) is 3. The molecule has 174 valence electrons. The van der Waals surface area contributed by atoms with E-state index in [1.54, 1.807) is 48.8 Å². The van der Waals surface area contributed by atoms with Crippen molar-refractivity contribution < 1.29 is 18.3 Å². The van der Waals surface area contributed by atoms with Gasteiger partial charge in [-0.3, -0.25) is 14.8 Å². The summed E-state index contributed by atoms with van der Waals surface area (Å²) in [4.78, 5) is 15.7. The molecule has 0 aliphatic rings. The minimum atomic E-state index is -3.95. The number of thioether (sulfide) groups is 1. The van der Waals surface area contributed by atoms with E-state index in [0.29, 0.717) is 22.1 Å². The molecule has 0 heterocycles. The lowest BCUT2D eigenvalue weighted by molar-refractivity contribution is -0.137. The first kappa shape index (κ1) is 24.8. The highest BCUT2D eigenvalue weighted by atomic mass is 32.2. The first-order chi connectivity index (χ1) is 16.3. The summed E-state index contributed by atoms with van der Waals surface area (Å²) in [5, 5.41) is 21.0. The van der Waals surface area contributed by atoms with Gasteiger partial charge in [0.15, 0.2) is 11.4 Å². The molecule has 0 aliphatic carbocycles. The van der Waals surface area contributed by atoms with Crippen molar-refractivity contribution in [2.45, 2.75) is 17.2 Å². The Labute approximate surface area is 202 Å². The summed E-state index contributed by atoms with van der Waals surface area (Å²) in [7, 11) is -3.95. The molecular formula is C24H22N4O4S2. The van der Waals surface area contributed by atoms with Crippen molar-refractivity contribution in [3.05, 3.63) is 90.0 Å². The van der Waals surface area contributed by atoms with Gasteiger partial charge in [0.2, 0.25) is 0 Å². The number of sulfonamides is 1. The minimum Gasteiger partial charge on any atom is -0.481 e. The van der Waals surface area contributed by atoms with Gasteiger partial charge < -0.3 is 5.11 Å². The Morgan fingerprint density at radius 2 is 1.76 bits per heavy atom. The summed E-state index contributed by atoms with van der Waals surface area (Å²) in [6.45, 7) is 0. The molecule has 0 fully saturated rings. The topological polar surface area (TPSA) is 132 Å². The Kier molecular flexibility index (Phi) is 8.29. The SMILES string of the molecule is CSC(=Nc1cccc(S(=O)(=O)Nc2cccc(C(CC(=O)O)c3ccccc3)c2)c1)NC#N. The summed E-state index contributed by atoms with van der Waals surface area (Å²) in [6, 6.07) is 22.0. The van der Waals surface area contributed by atoms with Crippen LogP contribution >= 0.6 is 11.8 Å². The highest BCUT2D eigenvalue weighted by Crippen LogP contribution is 2.30. The van der Waals surface area contributed by atoms with E-state index in [1.165, 1.54) is 23.9 Å². The minimum absolute atomic E-state index is 0.00158. The van der Waals surface area contributed by atoms with Crippen molar-refractivity contribution >= 4 is 44.3 Å². The summed E-state index contributed by atoms with van der Waals surface area (Å²) in [5.41, 5.74) is 2.19. The Hall–Kier alpha value is -3.81. The van der Waals surface area contributed by atoms with Gasteiger partial charge in [-0.15, -0.1) is 0 Å². The largest absolute Gasteiger partial charge is 0.481 e. The maximum Gasteiger partial charge on any atom is 0.304 e. The maximum absolute atomic E-state index is 13.0. The van der Waals surface area contributed by atoms with Gasteiger partial charge >= 0.3 is 5.97 Å². The normalized spacial score (nSPS) is 12.4. The Morgan fingerprint density at radius 3 is 2.44 bits per heavy atom. The summed E-state index contributed by atoms with van der Waals surface area (Å²) in [5.74, 6) is -1.38. The molecular weight excluding hydrogens is 472 g/mol. The molecule has 1 unspecified atom stereocenters. The van der Waals surface area contributed by atoms with E-state index in [2.05, 4.69) is 15.0 Å². The van der Waals surface area contributed by atoms with Crippen LogP contribution in [0.5, 0.6) is 0 Å². The number of carboxylic acids is 1. The number of aliphatic imine (C=N–C) groups is 1. The summed E-state index contributed by atoms with van der Waals surface area (Å²) < 4.78 is 28.6. The average molecular weight is 495 g/mol. The average Bonchev–Trinajstić information content (AvgIpc) is 2.83. The van der Waals surface area contributed by atoms with E-state index in [0.717, 1.165) is 5.56 Å². The zero-order valence-electron chi connectivity index (χ0n) is 18.2. The van der Waals surface area contributed by atoms with Crippen LogP contribution in [0.25, 0.3) is 0 Å². The molecule has 0 saturated heterocycles. The van der Waals surface area contributed by atoms with Crippen LogP contribution in [-0.4, -0.2) is 30.9 Å². The van der Waals surface area contributed by atoms with Crippen LogP contribution in [0.4, 0.5) is 11.4 Å². The summed E-state index contributed by atoms with van der Waals surface area (Å²) >= 11 is 1.22. The molecule has 0 amide bonds. The van der Waals surface area contributed by atoms with Crippen LogP contribution in [-0.2, 0) is 14.8 Å². The number of anilines is 1. The lowest BCUT2D eigenvalue weighted by atomic mass is 9.88. The molecule has 0 saturated carbocycles. The number of carbonyl (C=O) groups is 1. The predicted molar refractivity (Wildman–Crippen MR) is 134 cm³/mol. The molecule has 0 aromatic heterocycles. The molecule has 3 aromatic carbocycles. The van der Waals surface area contributed by atoms with Gasteiger partial charge in [-0.2, -0.15) is 5.26 Å². The second-order valence-electron chi connectivity index (χ2n) is 7.15. The lowest BCUT2D eigenvalue weighted by Gasteiger charge is -2.17. The smallest absolute Gasteiger partial charge is 0.304 e. The van der Waals surface area contributed by atoms with E-state index in [9.17, 15) is 18.3 Å². The third kappa shape index (κ3) is 6.60. The fourth-order valence-electron chi connectivity index (χ4n) is 3.33. The molecule has 1 atom stereocenters. The van der Waals surface area contributed by atoms with Crippen LogP contribution in [0.1, 0.15) is 23.5 Å². The van der Waals surface area contributed by atoms with E-state index in [4.69, 9.17) is 5.26 Å². The molecule has 0 spiro atoms. The highest BCUT2D eigenvalue weighted by molar-refractivity contribution is 8.13. The third-order valence-electron chi connectivity index (χ3n) is 4.84. The highest BCUT2D eigenvalue weighted by Gasteiger charge is 2.20. The number of amidine groups is 1. The van der Waals surface area contributed by atoms with Crippen LogP contribution < -0.4 is 10.0 Å². The number of aliphatic carboxylic acids is 1. The van der Waals surface area contributed by atoms with Crippen LogP contribution in [0.15, 0.2) is 88.8 Å². The standard InChI is InChI=1S/C24H22N4O4S2/c1-33-24(26-16-25)27-19-10-6-12-21(14-19)34(31,32)28-20-11-5-9-18(13-20)22(15-23(29)30)17-7-3-2-4-8-17/h2-14,22,28H,15H2,1H3,(H,26,27)(H,29,30). The second-order valence-corrected chi connectivity index (χ2v) is 9.62. The molecule has 0 bridgehead atoms. The van der Waals surface area contributed by atoms with Gasteiger partial charge in [-0.25, -0.2) is 13.4 Å². The van der Waals surface area contributed by atoms with Crippen molar-refractivity contribution in [1.82, 2.24) is 5.32 Å². The lowest BCUT2D eigenvalue weighted by Crippen LogP contribution is -2.14. The van der Waals surface area contributed by atoms with E-state index in [-0.39, 0.29) is 11.3 Å². The van der Waals surface area contributed by atoms with E-state index >= 15 is 0 Å². The molecule has 8 nitrogen and oxygen atoms in total.